The molecule has 19 heavy (non-hydrogen) atoms. The highest BCUT2D eigenvalue weighted by molar-refractivity contribution is 7.89. The van der Waals surface area contributed by atoms with Gasteiger partial charge in [-0.2, -0.15) is 0 Å². The molecule has 1 aromatic rings. The summed E-state index contributed by atoms with van der Waals surface area (Å²) >= 11 is 11.7. The van der Waals surface area contributed by atoms with E-state index in [0.717, 1.165) is 6.42 Å². The van der Waals surface area contributed by atoms with Crippen LogP contribution in [0.1, 0.15) is 6.42 Å². The molecule has 3 N–H and O–H groups in total. The Morgan fingerprint density at radius 3 is 2.53 bits per heavy atom. The van der Waals surface area contributed by atoms with E-state index < -0.39 is 10.0 Å². The molecule has 1 atom stereocenters. The normalized spacial score (nSPS) is 19.8. The summed E-state index contributed by atoms with van der Waals surface area (Å²) in [7, 11) is -3.64. The summed E-state index contributed by atoms with van der Waals surface area (Å²) in [5.41, 5.74) is 5.74. The molecule has 0 aromatic heterocycles. The first-order valence-electron chi connectivity index (χ1n) is 5.72. The van der Waals surface area contributed by atoms with E-state index in [1.807, 2.05) is 0 Å². The number of hydrogen-bond donors (Lipinski definition) is 2. The van der Waals surface area contributed by atoms with Crippen molar-refractivity contribution in [2.75, 3.05) is 25.5 Å². The molecule has 0 radical (unpaired) electrons. The van der Waals surface area contributed by atoms with Gasteiger partial charge < -0.3 is 10.5 Å². The number of ether oxygens (including phenoxy) is 1. The van der Waals surface area contributed by atoms with Crippen LogP contribution in [0.3, 0.4) is 0 Å². The van der Waals surface area contributed by atoms with Crippen LogP contribution in [-0.2, 0) is 14.8 Å². The molecule has 1 aromatic carbocycles. The fraction of sp³-hybridized carbons (Fsp3) is 0.455. The molecule has 0 bridgehead atoms. The number of nitrogen functional groups attached to an aromatic ring is 1. The molecule has 1 heterocycles. The summed E-state index contributed by atoms with van der Waals surface area (Å²) in [5, 5.41) is 0.245. The van der Waals surface area contributed by atoms with E-state index in [-0.39, 0.29) is 26.5 Å². The summed E-state index contributed by atoms with van der Waals surface area (Å²) in [6, 6.07) is 2.58. The molecule has 0 aliphatic carbocycles. The van der Waals surface area contributed by atoms with E-state index in [1.54, 1.807) is 0 Å². The molecule has 8 heteroatoms. The zero-order valence-corrected chi connectivity index (χ0v) is 12.4. The molecule has 1 aliphatic rings. The summed E-state index contributed by atoms with van der Waals surface area (Å²) in [5.74, 6) is 0.203. The van der Waals surface area contributed by atoms with Gasteiger partial charge in [0.1, 0.15) is 0 Å². The number of nitrogens with one attached hydrogen (secondary N) is 1. The molecule has 2 rings (SSSR count). The third kappa shape index (κ3) is 3.52. The zero-order valence-electron chi connectivity index (χ0n) is 10.0. The van der Waals surface area contributed by atoms with Crippen LogP contribution < -0.4 is 10.5 Å². The van der Waals surface area contributed by atoms with Crippen LogP contribution in [0.5, 0.6) is 0 Å². The van der Waals surface area contributed by atoms with Crippen LogP contribution in [0.2, 0.25) is 10.0 Å². The number of sulfonamides is 1. The van der Waals surface area contributed by atoms with E-state index in [2.05, 4.69) is 4.72 Å². The maximum absolute atomic E-state index is 12.1. The van der Waals surface area contributed by atoms with Crippen LogP contribution >= 0.6 is 23.2 Å². The first-order valence-corrected chi connectivity index (χ1v) is 7.96. The van der Waals surface area contributed by atoms with Gasteiger partial charge in [0.05, 0.1) is 27.2 Å². The fourth-order valence-electron chi connectivity index (χ4n) is 1.77. The van der Waals surface area contributed by atoms with Gasteiger partial charge in [0.25, 0.3) is 0 Å². The van der Waals surface area contributed by atoms with E-state index in [1.165, 1.54) is 12.1 Å². The Morgan fingerprint density at radius 2 is 2.00 bits per heavy atom. The number of anilines is 1. The first-order chi connectivity index (χ1) is 8.90. The minimum atomic E-state index is -3.64. The van der Waals surface area contributed by atoms with Crippen LogP contribution in [0.25, 0.3) is 0 Å². The molecule has 0 amide bonds. The van der Waals surface area contributed by atoms with Gasteiger partial charge in [-0.05, 0) is 24.5 Å². The van der Waals surface area contributed by atoms with Gasteiger partial charge in [0.15, 0.2) is 0 Å². The molecule has 106 valence electrons. The third-order valence-corrected chi connectivity index (χ3v) is 4.98. The van der Waals surface area contributed by atoms with Crippen LogP contribution in [-0.4, -0.2) is 28.2 Å². The predicted octanol–water partition coefficient (Wildman–Crippen LogP) is 1.89. The topological polar surface area (TPSA) is 81.4 Å². The Hall–Kier alpha value is -0.530. The second kappa shape index (κ2) is 5.85. The number of rotatable bonds is 4. The SMILES string of the molecule is Nc1c(Cl)cc(S(=O)(=O)NC[C@H]2CCOC2)cc1Cl. The highest BCUT2D eigenvalue weighted by Crippen LogP contribution is 2.30. The fourth-order valence-corrected chi connectivity index (χ4v) is 3.56. The van der Waals surface area contributed by atoms with E-state index in [9.17, 15) is 8.42 Å². The Morgan fingerprint density at radius 1 is 1.37 bits per heavy atom. The molecular weight excluding hydrogens is 311 g/mol. The lowest BCUT2D eigenvalue weighted by Gasteiger charge is -2.11. The van der Waals surface area contributed by atoms with Crippen LogP contribution in [0.4, 0.5) is 5.69 Å². The van der Waals surface area contributed by atoms with Gasteiger partial charge in [-0.15, -0.1) is 0 Å². The third-order valence-electron chi connectivity index (χ3n) is 2.95. The Balaban J connectivity index is 2.14. The second-order valence-corrected chi connectivity index (χ2v) is 6.96. The molecule has 0 spiro atoms. The Kier molecular flexibility index (Phi) is 4.58. The molecule has 1 fully saturated rings. The van der Waals surface area contributed by atoms with Gasteiger partial charge in [-0.1, -0.05) is 23.2 Å². The van der Waals surface area contributed by atoms with Gasteiger partial charge in [-0.25, -0.2) is 13.1 Å². The highest BCUT2D eigenvalue weighted by Gasteiger charge is 2.21. The number of nitrogens with two attached hydrogens (primary N) is 1. The molecule has 1 saturated heterocycles. The maximum Gasteiger partial charge on any atom is 0.240 e. The minimum Gasteiger partial charge on any atom is -0.396 e. The Labute approximate surface area is 122 Å². The van der Waals surface area contributed by atoms with Crippen LogP contribution in [0, 0.1) is 5.92 Å². The quantitative estimate of drug-likeness (QED) is 0.829. The standard InChI is InChI=1S/C11H14Cl2N2O3S/c12-9-3-8(4-10(13)11(9)14)19(16,17)15-5-7-1-2-18-6-7/h3-4,7,15H,1-2,5-6,14H2/t7-/m1/s1. The summed E-state index contributed by atoms with van der Waals surface area (Å²) in [4.78, 5) is 0.00983. The second-order valence-electron chi connectivity index (χ2n) is 4.38. The number of hydrogen-bond acceptors (Lipinski definition) is 4. The molecule has 1 aliphatic heterocycles. The van der Waals surface area contributed by atoms with Crippen molar-refractivity contribution < 1.29 is 13.2 Å². The van der Waals surface area contributed by atoms with Crippen molar-refractivity contribution in [3.63, 3.8) is 0 Å². The van der Waals surface area contributed by atoms with Crippen molar-refractivity contribution in [3.8, 4) is 0 Å². The monoisotopic (exact) mass is 324 g/mol. The van der Waals surface area contributed by atoms with Crippen molar-refractivity contribution in [2.24, 2.45) is 5.92 Å². The van der Waals surface area contributed by atoms with Gasteiger partial charge >= 0.3 is 0 Å². The zero-order chi connectivity index (χ0) is 14.0. The van der Waals surface area contributed by atoms with Crippen molar-refractivity contribution in [2.45, 2.75) is 11.3 Å². The maximum atomic E-state index is 12.1. The molecule has 5 nitrogen and oxygen atoms in total. The number of benzene rings is 1. The van der Waals surface area contributed by atoms with Crippen LogP contribution in [0.15, 0.2) is 17.0 Å². The van der Waals surface area contributed by atoms with Gasteiger partial charge in [0, 0.05) is 13.2 Å². The Bertz CT molecular complexity index is 548. The smallest absolute Gasteiger partial charge is 0.240 e. The molecule has 0 unspecified atom stereocenters. The summed E-state index contributed by atoms with van der Waals surface area (Å²) in [6.07, 6.45) is 0.853. The van der Waals surface area contributed by atoms with Crippen molar-refractivity contribution in [3.05, 3.63) is 22.2 Å². The van der Waals surface area contributed by atoms with E-state index in [0.29, 0.717) is 19.8 Å². The molecular formula is C11H14Cl2N2O3S. The van der Waals surface area contributed by atoms with Crippen molar-refractivity contribution >= 4 is 38.9 Å². The lowest BCUT2D eigenvalue weighted by molar-refractivity contribution is 0.186. The summed E-state index contributed by atoms with van der Waals surface area (Å²) < 4.78 is 31.9. The minimum absolute atomic E-state index is 0.00983. The van der Waals surface area contributed by atoms with Crippen molar-refractivity contribution in [1.82, 2.24) is 4.72 Å². The largest absolute Gasteiger partial charge is 0.396 e. The average Bonchev–Trinajstić information content (AvgIpc) is 2.86. The van der Waals surface area contributed by atoms with E-state index >= 15 is 0 Å². The number of halogens is 2. The van der Waals surface area contributed by atoms with Gasteiger partial charge in [-0.3, -0.25) is 0 Å². The average molecular weight is 325 g/mol. The van der Waals surface area contributed by atoms with Gasteiger partial charge in [0.2, 0.25) is 10.0 Å². The highest BCUT2D eigenvalue weighted by atomic mass is 35.5. The predicted molar refractivity (Wildman–Crippen MR) is 75.0 cm³/mol. The van der Waals surface area contributed by atoms with E-state index in [4.69, 9.17) is 33.7 Å². The lowest BCUT2D eigenvalue weighted by Crippen LogP contribution is -2.29. The first kappa shape index (κ1) is 14.9. The summed E-state index contributed by atoms with van der Waals surface area (Å²) in [6.45, 7) is 1.58. The van der Waals surface area contributed by atoms with Crippen molar-refractivity contribution in [1.29, 1.82) is 0 Å². The molecule has 0 saturated carbocycles. The lowest BCUT2D eigenvalue weighted by atomic mass is 10.1.